The molecule has 0 atom stereocenters. The second-order valence-corrected chi connectivity index (χ2v) is 20.8. The Morgan fingerprint density at radius 3 is 1.27 bits per heavy atom. The maximum absolute atomic E-state index is 6.96. The van der Waals surface area contributed by atoms with Gasteiger partial charge in [-0.05, 0) is 136 Å². The highest BCUT2D eigenvalue weighted by Gasteiger charge is 2.45. The van der Waals surface area contributed by atoms with Crippen LogP contribution in [-0.2, 0) is 18.3 Å². The summed E-state index contributed by atoms with van der Waals surface area (Å²) in [6.07, 6.45) is 6.05. The zero-order chi connectivity index (χ0) is 48.0. The van der Waals surface area contributed by atoms with Gasteiger partial charge < -0.3 is 18.6 Å². The van der Waals surface area contributed by atoms with Crippen LogP contribution in [0.4, 0.5) is 34.1 Å². The van der Waals surface area contributed by atoms with Crippen molar-refractivity contribution in [1.29, 1.82) is 0 Å². The quantitative estimate of drug-likeness (QED) is 0.128. The lowest BCUT2D eigenvalue weighted by atomic mass is 9.33. The highest BCUT2D eigenvalue weighted by atomic mass is 16.3. The van der Waals surface area contributed by atoms with E-state index < -0.39 is 0 Å². The average Bonchev–Trinajstić information content (AvgIpc) is 3.98. The molecule has 2 aliphatic heterocycles. The summed E-state index contributed by atoms with van der Waals surface area (Å²) < 4.78 is 13.9. The van der Waals surface area contributed by atoms with Gasteiger partial charge >= 0.3 is 0 Å². The van der Waals surface area contributed by atoms with Crippen molar-refractivity contribution >= 4 is 101 Å². The van der Waals surface area contributed by atoms with Gasteiger partial charge in [-0.25, -0.2) is 0 Å². The van der Waals surface area contributed by atoms with E-state index in [0.717, 1.165) is 71.6 Å². The predicted molar refractivity (Wildman–Crippen MR) is 302 cm³/mol. The van der Waals surface area contributed by atoms with Gasteiger partial charge in [0.05, 0.1) is 11.4 Å². The molecule has 11 aromatic rings. The number of hydrogen-bond acceptors (Lipinski definition) is 4. The molecule has 2 aliphatic rings. The fourth-order valence-electron chi connectivity index (χ4n) is 11.9. The molecular weight excluding hydrogens is 864 g/mol. The number of rotatable bonds is 10. The number of hydrogen-bond donors (Lipinski definition) is 0. The first-order valence-corrected chi connectivity index (χ1v) is 25.8. The molecule has 13 rings (SSSR count). The monoisotopic (exact) mass is 920 g/mol. The minimum absolute atomic E-state index is 0.0816. The molecule has 4 nitrogen and oxygen atoms in total. The van der Waals surface area contributed by atoms with Gasteiger partial charge in [0.2, 0.25) is 0 Å². The van der Waals surface area contributed by atoms with Crippen LogP contribution in [0.15, 0.2) is 191 Å². The smallest absolute Gasteiger partial charge is 0.252 e. The largest absolute Gasteiger partial charge is 0.456 e. The van der Waals surface area contributed by atoms with Gasteiger partial charge in [-0.1, -0.05) is 169 Å². The number of benzene rings is 9. The molecule has 0 amide bonds. The summed E-state index contributed by atoms with van der Waals surface area (Å²) in [5.74, 6) is 0. The number of nitrogens with zero attached hydrogens (tertiary/aromatic N) is 2. The summed E-state index contributed by atoms with van der Waals surface area (Å²) in [5, 5.41) is 4.66. The first-order chi connectivity index (χ1) is 34.8. The lowest BCUT2D eigenvalue weighted by Crippen LogP contribution is -2.61. The van der Waals surface area contributed by atoms with Gasteiger partial charge in [0, 0.05) is 55.4 Å². The van der Waals surface area contributed by atoms with Crippen molar-refractivity contribution in [3.05, 3.63) is 199 Å². The second kappa shape index (κ2) is 17.0. The van der Waals surface area contributed by atoms with Crippen LogP contribution in [0, 0.1) is 0 Å². The molecule has 0 unspecified atom stereocenters. The third kappa shape index (κ3) is 6.95. The van der Waals surface area contributed by atoms with Crippen molar-refractivity contribution in [2.45, 2.75) is 78.6 Å². The van der Waals surface area contributed by atoms with E-state index in [4.69, 9.17) is 8.83 Å². The number of unbranched alkanes of at least 4 members (excludes halogenated alkanes) is 2. The lowest BCUT2D eigenvalue weighted by molar-refractivity contribution is 0.590. The highest BCUT2D eigenvalue weighted by molar-refractivity contribution is 7.00. The van der Waals surface area contributed by atoms with E-state index in [-0.39, 0.29) is 12.1 Å². The van der Waals surface area contributed by atoms with Crippen LogP contribution in [-0.4, -0.2) is 6.71 Å². The molecule has 0 aliphatic carbocycles. The van der Waals surface area contributed by atoms with Gasteiger partial charge in [-0.15, -0.1) is 0 Å². The summed E-state index contributed by atoms with van der Waals surface area (Å²) in [5.41, 5.74) is 23.4. The molecule has 0 radical (unpaired) electrons. The van der Waals surface area contributed by atoms with Crippen LogP contribution in [0.1, 0.15) is 77.0 Å². The first kappa shape index (κ1) is 43.3. The molecule has 0 fully saturated rings. The SMILES string of the molecule is CCCCc1c(N2c3ccc(-c4ccccc4)cc3B3c4cc(-c5ccccc5)ccc4N(c4ccc5c(oc6ccccc65)c4CCCC)c4cc(C(C)(C)C)cc2c43)ccc2c1oc1ccccc12. The summed E-state index contributed by atoms with van der Waals surface area (Å²) in [6.45, 7) is 11.6. The Bertz CT molecular complexity index is 3620. The number of para-hydroxylation sites is 2. The molecule has 4 heterocycles. The summed E-state index contributed by atoms with van der Waals surface area (Å²) in [4.78, 5) is 5.24. The van der Waals surface area contributed by atoms with E-state index in [1.807, 2.05) is 0 Å². The molecule has 0 N–H and O–H groups in total. The fourth-order valence-corrected chi connectivity index (χ4v) is 11.9. The van der Waals surface area contributed by atoms with Crippen LogP contribution in [0.2, 0.25) is 0 Å². The lowest BCUT2D eigenvalue weighted by Gasteiger charge is -2.46. The number of furan rings is 2. The van der Waals surface area contributed by atoms with Crippen LogP contribution in [0.5, 0.6) is 0 Å². The molecule has 71 heavy (non-hydrogen) atoms. The van der Waals surface area contributed by atoms with Gasteiger partial charge in [-0.3, -0.25) is 0 Å². The standard InChI is InChI=1S/C66H57BN2O2/c1-6-8-24-51-55(36-32-49-47-26-16-18-28-61(47)70-64(49)51)68-57-34-30-44(42-20-12-10-13-21-42)38-53(57)67-54-39-45(43-22-14-11-15-23-43)31-35-58(54)69(60-41-46(66(3,4)5)40-59(68)63(60)67)56-37-33-50-48-27-17-19-29-62(48)71-65(50)52(56)25-9-7-2/h10-23,26-41H,6-9,24-25H2,1-5H3. The molecular formula is C66H57BN2O2. The number of fused-ring (bicyclic) bond motifs is 10. The molecule has 0 saturated carbocycles. The summed E-state index contributed by atoms with van der Waals surface area (Å²) >= 11 is 0. The van der Waals surface area contributed by atoms with Crippen molar-refractivity contribution in [2.75, 3.05) is 9.80 Å². The van der Waals surface area contributed by atoms with Gasteiger partial charge in [0.25, 0.3) is 6.71 Å². The van der Waals surface area contributed by atoms with Crippen molar-refractivity contribution in [2.24, 2.45) is 0 Å². The second-order valence-electron chi connectivity index (χ2n) is 20.8. The molecule has 0 bridgehead atoms. The van der Waals surface area contributed by atoms with Gasteiger partial charge in [-0.2, -0.15) is 0 Å². The van der Waals surface area contributed by atoms with Crippen molar-refractivity contribution in [3.63, 3.8) is 0 Å². The molecule has 0 saturated heterocycles. The van der Waals surface area contributed by atoms with E-state index in [2.05, 4.69) is 226 Å². The third-order valence-electron chi connectivity index (χ3n) is 15.4. The van der Waals surface area contributed by atoms with Crippen LogP contribution >= 0.6 is 0 Å². The normalized spacial score (nSPS) is 13.1. The summed E-state index contributed by atoms with van der Waals surface area (Å²) in [6, 6.07) is 67.8. The molecule has 9 aromatic carbocycles. The van der Waals surface area contributed by atoms with E-state index in [9.17, 15) is 0 Å². The van der Waals surface area contributed by atoms with Crippen LogP contribution < -0.4 is 26.2 Å². The van der Waals surface area contributed by atoms with Crippen LogP contribution in [0.3, 0.4) is 0 Å². The van der Waals surface area contributed by atoms with Gasteiger partial charge in [0.15, 0.2) is 0 Å². The van der Waals surface area contributed by atoms with Crippen molar-refractivity contribution in [3.8, 4) is 22.3 Å². The third-order valence-corrected chi connectivity index (χ3v) is 15.4. The highest BCUT2D eigenvalue weighted by Crippen LogP contribution is 2.50. The molecule has 346 valence electrons. The predicted octanol–water partition coefficient (Wildman–Crippen LogP) is 16.9. The Labute approximate surface area is 417 Å². The van der Waals surface area contributed by atoms with E-state index in [1.165, 1.54) is 100 Å². The van der Waals surface area contributed by atoms with Crippen molar-refractivity contribution in [1.82, 2.24) is 0 Å². The molecule has 5 heteroatoms. The average molecular weight is 921 g/mol. The van der Waals surface area contributed by atoms with Crippen LogP contribution in [0.25, 0.3) is 66.1 Å². The minimum atomic E-state index is -0.172. The van der Waals surface area contributed by atoms with E-state index in [1.54, 1.807) is 0 Å². The summed E-state index contributed by atoms with van der Waals surface area (Å²) in [7, 11) is 0. The number of anilines is 6. The minimum Gasteiger partial charge on any atom is -0.456 e. The zero-order valence-corrected chi connectivity index (χ0v) is 41.4. The number of aryl methyl sites for hydroxylation is 2. The topological polar surface area (TPSA) is 32.8 Å². The Balaban J connectivity index is 1.17. The first-order valence-electron chi connectivity index (χ1n) is 25.8. The maximum Gasteiger partial charge on any atom is 0.252 e. The van der Waals surface area contributed by atoms with Gasteiger partial charge in [0.1, 0.15) is 22.3 Å². The molecule has 2 aromatic heterocycles. The van der Waals surface area contributed by atoms with Crippen molar-refractivity contribution < 1.29 is 8.83 Å². The zero-order valence-electron chi connectivity index (χ0n) is 41.4. The Kier molecular flexibility index (Phi) is 10.4. The fraction of sp³-hybridized carbons (Fsp3) is 0.182. The maximum atomic E-state index is 6.96. The van der Waals surface area contributed by atoms with E-state index in [0.29, 0.717) is 0 Å². The molecule has 0 spiro atoms. The Morgan fingerprint density at radius 2 is 0.831 bits per heavy atom. The Hall–Kier alpha value is -7.76. The Morgan fingerprint density at radius 1 is 0.408 bits per heavy atom. The van der Waals surface area contributed by atoms with E-state index >= 15 is 0 Å².